The molecule has 0 aliphatic heterocycles. The third kappa shape index (κ3) is 6.06. The molecule has 5 aromatic carbocycles. The van der Waals surface area contributed by atoms with Crippen LogP contribution in [0.1, 0.15) is 5.56 Å². The summed E-state index contributed by atoms with van der Waals surface area (Å²) in [7, 11) is 0. The monoisotopic (exact) mass is 688 g/mol. The zero-order valence-corrected chi connectivity index (χ0v) is 24.0. The molecule has 29 heavy (non-hydrogen) atoms. The second-order valence-electron chi connectivity index (χ2n) is 6.38. The van der Waals surface area contributed by atoms with Crippen molar-refractivity contribution in [2.24, 2.45) is 0 Å². The van der Waals surface area contributed by atoms with Crippen molar-refractivity contribution in [3.63, 3.8) is 0 Å². The van der Waals surface area contributed by atoms with E-state index in [-0.39, 0.29) is 51.0 Å². The molecule has 0 amide bonds. The van der Waals surface area contributed by atoms with E-state index in [1.54, 1.807) is 0 Å². The molecule has 0 radical (unpaired) electrons. The van der Waals surface area contributed by atoms with E-state index in [1.807, 2.05) is 0 Å². The fourth-order valence-corrected chi connectivity index (χ4v) is 4.56. The van der Waals surface area contributed by atoms with Gasteiger partial charge in [-0.15, -0.1) is 74.3 Å². The van der Waals surface area contributed by atoms with Gasteiger partial charge in [0.25, 0.3) is 0 Å². The number of fused-ring (bicyclic) bond motifs is 4. The van der Waals surface area contributed by atoms with Gasteiger partial charge in [-0.05, 0) is 13.4 Å². The summed E-state index contributed by atoms with van der Waals surface area (Å²) in [5.74, 6) is 0. The number of rotatable bonds is 0. The largest absolute Gasteiger partial charge is 4.00 e. The Hall–Kier alpha value is 0.0431. The Morgan fingerprint density at radius 2 is 1.17 bits per heavy atom. The van der Waals surface area contributed by atoms with Crippen LogP contribution in [-0.4, -0.2) is 0 Å². The number of aryl methyl sites for hydroxylation is 1. The van der Waals surface area contributed by atoms with Crippen molar-refractivity contribution in [3.05, 3.63) is 91.8 Å². The van der Waals surface area contributed by atoms with E-state index in [2.05, 4.69) is 128 Å². The van der Waals surface area contributed by atoms with Crippen LogP contribution in [0.25, 0.3) is 32.3 Å². The normalized spacial score (nSPS) is 9.93. The van der Waals surface area contributed by atoms with Crippen LogP contribution < -0.4 is 24.8 Å². The third-order valence-corrected chi connectivity index (χ3v) is 6.15. The molecule has 0 aromatic heterocycles. The Balaban J connectivity index is 0.000000273. The van der Waals surface area contributed by atoms with Gasteiger partial charge in [0.05, 0.1) is 0 Å². The summed E-state index contributed by atoms with van der Waals surface area (Å²) < 4.78 is 3.44. The van der Waals surface area contributed by atoms with Crippen LogP contribution >= 0.6 is 47.8 Å². The van der Waals surface area contributed by atoms with Crippen LogP contribution in [0.5, 0.6) is 0 Å². The van der Waals surface area contributed by atoms with E-state index in [9.17, 15) is 0 Å². The fourth-order valence-electron chi connectivity index (χ4n) is 3.31. The summed E-state index contributed by atoms with van der Waals surface area (Å²) in [5, 5.41) is 7.85. The van der Waals surface area contributed by atoms with E-state index < -0.39 is 0 Å². The number of hydrogen-bond donors (Lipinski definition) is 0. The van der Waals surface area contributed by atoms with E-state index in [0.29, 0.717) is 0 Å². The van der Waals surface area contributed by atoms with Crippen LogP contribution in [0.15, 0.2) is 86.2 Å². The Bertz CT molecular complexity index is 1190. The molecule has 0 bridgehead atoms. The van der Waals surface area contributed by atoms with Crippen molar-refractivity contribution in [3.8, 4) is 0 Å². The minimum atomic E-state index is 0. The predicted octanol–water partition coefficient (Wildman–Crippen LogP) is 2.87. The molecule has 0 atom stereocenters. The molecule has 5 aromatic rings. The van der Waals surface area contributed by atoms with Gasteiger partial charge in [-0.25, -0.2) is 0 Å². The quantitative estimate of drug-likeness (QED) is 0.219. The molecule has 5 rings (SSSR count). The number of hydrogen-bond acceptors (Lipinski definition) is 0. The Morgan fingerprint density at radius 3 is 1.69 bits per heavy atom. The third-order valence-electron chi connectivity index (χ3n) is 4.47. The molecular weight excluding hydrogens is 678 g/mol. The van der Waals surface area contributed by atoms with Gasteiger partial charge >= 0.3 is 26.2 Å². The molecule has 146 valence electrons. The standard InChI is InChI=1S/C13H7Br2.C10H8Br.2ClH.Zr/c14-10-1-3-12-8(6-10)5-9-7-11(15)2-4-13(9)12;1-7-5-8-3-2-4-10(11)9(8)6-7;;;/h1-7H;2-6H,1H3;2*1H;/q2*-1;;;+4/p-2. The van der Waals surface area contributed by atoms with Gasteiger partial charge in [-0.3, -0.25) is 0 Å². The van der Waals surface area contributed by atoms with Crippen molar-refractivity contribution in [2.45, 2.75) is 6.92 Å². The Kier molecular flexibility index (Phi) is 10.8. The molecule has 0 nitrogen and oxygen atoms in total. The summed E-state index contributed by atoms with van der Waals surface area (Å²) in [5.41, 5.74) is 1.33. The molecule has 0 unspecified atom stereocenters. The fraction of sp³-hybridized carbons (Fsp3) is 0.0435. The molecule has 0 N–H and O–H groups in total. The van der Waals surface area contributed by atoms with Gasteiger partial charge in [-0.2, -0.15) is 6.07 Å². The van der Waals surface area contributed by atoms with Gasteiger partial charge in [0.2, 0.25) is 0 Å². The Morgan fingerprint density at radius 1 is 0.621 bits per heavy atom. The summed E-state index contributed by atoms with van der Waals surface area (Å²) in [4.78, 5) is 0. The molecule has 0 aliphatic carbocycles. The Labute approximate surface area is 227 Å². The molecule has 0 aliphatic rings. The van der Waals surface area contributed by atoms with Crippen LogP contribution in [-0.2, 0) is 26.2 Å². The van der Waals surface area contributed by atoms with Gasteiger partial charge in [0.1, 0.15) is 0 Å². The van der Waals surface area contributed by atoms with Crippen LogP contribution in [0, 0.1) is 6.92 Å². The molecular formula is C23H15Br3Cl2Zr. The topological polar surface area (TPSA) is 0 Å². The van der Waals surface area contributed by atoms with Crippen LogP contribution in [0.4, 0.5) is 0 Å². The molecule has 0 saturated heterocycles. The molecule has 0 saturated carbocycles. The summed E-state index contributed by atoms with van der Waals surface area (Å²) in [6, 6.07) is 25.7. The first kappa shape index (κ1) is 27.1. The van der Waals surface area contributed by atoms with Gasteiger partial charge in [0.15, 0.2) is 0 Å². The second kappa shape index (κ2) is 11.6. The molecule has 0 heterocycles. The first-order valence-electron chi connectivity index (χ1n) is 8.27. The van der Waals surface area contributed by atoms with E-state index in [1.165, 1.54) is 42.4 Å². The van der Waals surface area contributed by atoms with Crippen LogP contribution in [0.2, 0.25) is 0 Å². The zero-order valence-electron chi connectivity index (χ0n) is 15.3. The van der Waals surface area contributed by atoms with Crippen LogP contribution in [0.3, 0.4) is 0 Å². The summed E-state index contributed by atoms with van der Waals surface area (Å²) in [6.45, 7) is 2.12. The zero-order chi connectivity index (χ0) is 18.3. The molecule has 0 fully saturated rings. The van der Waals surface area contributed by atoms with Gasteiger partial charge in [0, 0.05) is 0 Å². The molecule has 0 spiro atoms. The minimum absolute atomic E-state index is 0. The predicted molar refractivity (Wildman–Crippen MR) is 124 cm³/mol. The van der Waals surface area contributed by atoms with Crippen molar-refractivity contribution < 1.29 is 51.0 Å². The van der Waals surface area contributed by atoms with E-state index in [4.69, 9.17) is 0 Å². The van der Waals surface area contributed by atoms with E-state index in [0.717, 1.165) is 8.95 Å². The molecule has 6 heteroatoms. The smallest absolute Gasteiger partial charge is 1.00 e. The van der Waals surface area contributed by atoms with Crippen molar-refractivity contribution in [2.75, 3.05) is 0 Å². The maximum Gasteiger partial charge on any atom is 4.00 e. The number of halogens is 5. The average Bonchev–Trinajstić information content (AvgIpc) is 3.14. The van der Waals surface area contributed by atoms with Gasteiger partial charge < -0.3 is 24.8 Å². The maximum atomic E-state index is 3.51. The van der Waals surface area contributed by atoms with Crippen molar-refractivity contribution >= 4 is 80.1 Å². The summed E-state index contributed by atoms with van der Waals surface area (Å²) in [6.07, 6.45) is 0. The minimum Gasteiger partial charge on any atom is -1.00 e. The van der Waals surface area contributed by atoms with Crippen molar-refractivity contribution in [1.29, 1.82) is 0 Å². The average molecular weight is 693 g/mol. The van der Waals surface area contributed by atoms with Crippen molar-refractivity contribution in [1.82, 2.24) is 0 Å². The van der Waals surface area contributed by atoms with Gasteiger partial charge in [-0.1, -0.05) is 85.0 Å². The first-order valence-corrected chi connectivity index (χ1v) is 10.6. The van der Waals surface area contributed by atoms with E-state index >= 15 is 0 Å². The number of benzene rings is 3. The SMILES string of the molecule is Brc1ccc2c(c1)[cH-]c1cc(Br)ccc12.Cc1cc2c(Br)cccc2[cH-]1.[Cl-].[Cl-].[Zr+4]. The first-order chi connectivity index (χ1) is 12.5. The summed E-state index contributed by atoms with van der Waals surface area (Å²) >= 11 is 10.5. The maximum absolute atomic E-state index is 3.51. The second-order valence-corrected chi connectivity index (χ2v) is 9.07.